The average molecular weight is 625 g/mol. The van der Waals surface area contributed by atoms with Gasteiger partial charge >= 0.3 is 21.1 Å². The van der Waals surface area contributed by atoms with Gasteiger partial charge in [-0.3, -0.25) is 9.79 Å². The van der Waals surface area contributed by atoms with Crippen LogP contribution in [0.3, 0.4) is 0 Å². The average Bonchev–Trinajstić information content (AvgIpc) is 2.72. The summed E-state index contributed by atoms with van der Waals surface area (Å²) in [5, 5.41) is 15.8. The number of rotatable bonds is 5. The molecule has 1 aromatic rings. The third kappa shape index (κ3) is 8.73. The summed E-state index contributed by atoms with van der Waals surface area (Å²) in [5.41, 5.74) is 7.58. The molecule has 0 aromatic heterocycles. The largest absolute Gasteiger partial charge is 2.00 e. The van der Waals surface area contributed by atoms with Gasteiger partial charge in [-0.05, 0) is 44.6 Å². The van der Waals surface area contributed by atoms with Gasteiger partial charge in [0.1, 0.15) is 17.8 Å². The van der Waals surface area contributed by atoms with E-state index in [9.17, 15) is 14.7 Å². The number of nitrogens with one attached hydrogen (secondary N) is 3. The van der Waals surface area contributed by atoms with Crippen molar-refractivity contribution in [3.63, 3.8) is 0 Å². The van der Waals surface area contributed by atoms with Gasteiger partial charge in [0.05, 0.1) is 19.1 Å². The summed E-state index contributed by atoms with van der Waals surface area (Å²) >= 11 is 0. The fourth-order valence-electron chi connectivity index (χ4n) is 2.96. The Morgan fingerprint density at radius 1 is 1.27 bits per heavy atom. The Morgan fingerprint density at radius 2 is 1.97 bits per heavy atom. The van der Waals surface area contributed by atoms with Gasteiger partial charge in [-0.1, -0.05) is 18.2 Å². The van der Waals surface area contributed by atoms with Gasteiger partial charge in [0, 0.05) is 12.2 Å². The minimum atomic E-state index is -0.975. The summed E-state index contributed by atoms with van der Waals surface area (Å²) < 4.78 is 9.60. The molecular weight excluding hydrogens is 598 g/mol. The second-order valence-electron chi connectivity index (χ2n) is 7.82. The molecule has 1 aliphatic carbocycles. The standard InChI is InChI=1S/C17H17N4O3.C5H11NO2.W/c1-24-16-7-14-12(6-15(16)23)17(20-9-19-14)21-13-5-3-2-4-11(13)8-18-10-22;1-5(2,3)8-4(6)7;/h2-7,9,12,14,23H,8H2,1H3,(H,18,22)(H,19,20,21);1-3H3,(H2,6,7);/q-1;;+2/p-1. The van der Waals surface area contributed by atoms with Crippen LogP contribution in [0.2, 0.25) is 0 Å². The van der Waals surface area contributed by atoms with Crippen LogP contribution in [0.25, 0.3) is 5.73 Å². The first-order valence-electron chi connectivity index (χ1n) is 9.80. The number of aliphatic hydroxyl groups is 1. The van der Waals surface area contributed by atoms with E-state index in [1.807, 2.05) is 24.3 Å². The molecule has 1 heterocycles. The van der Waals surface area contributed by atoms with E-state index in [1.54, 1.807) is 39.3 Å². The number of carbonyl (C=O) groups excluding carboxylic acids is 2. The number of methoxy groups -OCH3 is 1. The van der Waals surface area contributed by atoms with Gasteiger partial charge < -0.3 is 35.7 Å². The SMILES string of the molecule is CC(C)(C)OC([NH-])=O.COC1=CC2N=CN=C(Nc3ccccc3CN[C-]=O)C2C=C1O.[W+2]. The molecule has 2 atom stereocenters. The number of amidine groups is 1. The maximum Gasteiger partial charge on any atom is 2.00 e. The number of aliphatic hydroxyl groups excluding tert-OH is 1. The Hall–Kier alpha value is -3.13. The summed E-state index contributed by atoms with van der Waals surface area (Å²) in [6.07, 6.45) is 5.62. The van der Waals surface area contributed by atoms with Gasteiger partial charge in [0.25, 0.3) is 0 Å². The molecule has 11 heteroatoms. The number of carbonyl (C=O) groups is 1. The first kappa shape index (κ1) is 27.9. The van der Waals surface area contributed by atoms with E-state index in [1.165, 1.54) is 13.4 Å². The quantitative estimate of drug-likeness (QED) is 0.337. The Labute approximate surface area is 207 Å². The topological polar surface area (TPSA) is 145 Å². The van der Waals surface area contributed by atoms with Crippen molar-refractivity contribution in [1.82, 2.24) is 5.32 Å². The number of hydrogen-bond acceptors (Lipinski definition) is 8. The third-order valence-electron chi connectivity index (χ3n) is 4.28. The van der Waals surface area contributed by atoms with Crippen LogP contribution < -0.4 is 10.6 Å². The number of fused-ring (bicyclic) bond motifs is 1. The molecule has 0 bridgehead atoms. The molecule has 1 aliphatic heterocycles. The van der Waals surface area contributed by atoms with Crippen LogP contribution in [0, 0.1) is 5.92 Å². The maximum absolute atomic E-state index is 10.4. The molecule has 10 nitrogen and oxygen atoms in total. The van der Waals surface area contributed by atoms with Crippen LogP contribution in [0.1, 0.15) is 26.3 Å². The molecule has 3 rings (SSSR count). The number of para-hydroxylation sites is 1. The van der Waals surface area contributed by atoms with E-state index >= 15 is 0 Å². The summed E-state index contributed by atoms with van der Waals surface area (Å²) in [6.45, 7) is 5.52. The molecule has 2 unspecified atom stereocenters. The van der Waals surface area contributed by atoms with Gasteiger partial charge in [0.2, 0.25) is 6.09 Å². The van der Waals surface area contributed by atoms with Gasteiger partial charge in [-0.25, -0.2) is 4.99 Å². The van der Waals surface area contributed by atoms with Crippen molar-refractivity contribution in [3.8, 4) is 0 Å². The number of hydrogen-bond donors (Lipinski definition) is 3. The van der Waals surface area contributed by atoms with Crippen molar-refractivity contribution in [2.24, 2.45) is 15.9 Å². The Bertz CT molecular complexity index is 953. The van der Waals surface area contributed by atoms with Crippen LogP contribution in [0.5, 0.6) is 0 Å². The smallest absolute Gasteiger partial charge is 0.632 e. The number of benzene rings is 1. The molecule has 176 valence electrons. The van der Waals surface area contributed by atoms with Crippen molar-refractivity contribution in [2.75, 3.05) is 12.4 Å². The number of ether oxygens (including phenoxy) is 2. The van der Waals surface area contributed by atoms with Crippen LogP contribution in [0.15, 0.2) is 57.9 Å². The van der Waals surface area contributed by atoms with Gasteiger partial charge in [0.15, 0.2) is 11.5 Å². The molecule has 4 N–H and O–H groups in total. The van der Waals surface area contributed by atoms with E-state index in [-0.39, 0.29) is 38.8 Å². The minimum Gasteiger partial charge on any atom is -0.632 e. The second-order valence-corrected chi connectivity index (χ2v) is 7.82. The van der Waals surface area contributed by atoms with Crippen LogP contribution in [0.4, 0.5) is 10.5 Å². The number of amides is 2. The molecule has 0 saturated heterocycles. The zero-order valence-electron chi connectivity index (χ0n) is 18.8. The van der Waals surface area contributed by atoms with Crippen molar-refractivity contribution in [3.05, 3.63) is 59.2 Å². The van der Waals surface area contributed by atoms with Crippen LogP contribution in [-0.2, 0) is 41.9 Å². The summed E-state index contributed by atoms with van der Waals surface area (Å²) in [6, 6.07) is 7.39. The van der Waals surface area contributed by atoms with E-state index in [2.05, 4.69) is 25.4 Å². The van der Waals surface area contributed by atoms with Gasteiger partial charge in [-0.2, -0.15) is 6.41 Å². The first-order valence-corrected chi connectivity index (χ1v) is 9.80. The van der Waals surface area contributed by atoms with E-state index in [0.29, 0.717) is 18.1 Å². The van der Waals surface area contributed by atoms with Gasteiger partial charge in [-0.15, -0.1) is 0 Å². The Kier molecular flexibility index (Phi) is 10.8. The van der Waals surface area contributed by atoms with Crippen molar-refractivity contribution < 1.29 is 45.2 Å². The molecular formula is C22H27N5O5W. The normalized spacial score (nSPS) is 18.5. The van der Waals surface area contributed by atoms with E-state index in [0.717, 1.165) is 11.3 Å². The summed E-state index contributed by atoms with van der Waals surface area (Å²) in [5.74, 6) is 0.916. The molecule has 0 fully saturated rings. The molecule has 2 amide bonds. The molecule has 0 saturated carbocycles. The molecule has 33 heavy (non-hydrogen) atoms. The Balaban J connectivity index is 0.000000523. The fraction of sp³-hybridized carbons (Fsp3) is 0.364. The van der Waals surface area contributed by atoms with Crippen molar-refractivity contribution in [1.29, 1.82) is 0 Å². The van der Waals surface area contributed by atoms with E-state index < -0.39 is 11.7 Å². The minimum absolute atomic E-state index is 0. The predicted octanol–water partition coefficient (Wildman–Crippen LogP) is 3.64. The number of nitrogens with zero attached hydrogens (tertiary/aromatic N) is 2. The second kappa shape index (κ2) is 12.8. The summed E-state index contributed by atoms with van der Waals surface area (Å²) in [4.78, 5) is 28.9. The predicted molar refractivity (Wildman–Crippen MR) is 122 cm³/mol. The molecule has 0 spiro atoms. The molecule has 2 aliphatic rings. The van der Waals surface area contributed by atoms with Crippen molar-refractivity contribution in [2.45, 2.75) is 39.0 Å². The molecule has 0 radical (unpaired) electrons. The molecule has 1 aromatic carbocycles. The number of anilines is 1. The first-order chi connectivity index (χ1) is 15.1. The van der Waals surface area contributed by atoms with Crippen LogP contribution >= 0.6 is 0 Å². The van der Waals surface area contributed by atoms with E-state index in [4.69, 9.17) is 10.5 Å². The monoisotopic (exact) mass is 625 g/mol. The van der Waals surface area contributed by atoms with Crippen molar-refractivity contribution >= 4 is 30.4 Å². The zero-order chi connectivity index (χ0) is 23.7. The summed E-state index contributed by atoms with van der Waals surface area (Å²) in [7, 11) is 1.50. The fourth-order valence-corrected chi connectivity index (χ4v) is 2.96. The maximum atomic E-state index is 10.4. The number of aliphatic imine (C=N–C) groups is 2. The third-order valence-corrected chi connectivity index (χ3v) is 4.28. The van der Waals surface area contributed by atoms with Crippen LogP contribution in [-0.4, -0.2) is 48.5 Å². The zero-order valence-corrected chi connectivity index (χ0v) is 21.7. The Morgan fingerprint density at radius 3 is 2.55 bits per heavy atom.